The fourth-order valence-electron chi connectivity index (χ4n) is 1.16. The molecule has 0 amide bonds. The minimum atomic E-state index is -3.18. The molecule has 0 aliphatic carbocycles. The molecule has 0 aromatic carbocycles. The molecule has 4 nitrogen and oxygen atoms in total. The summed E-state index contributed by atoms with van der Waals surface area (Å²) in [6.45, 7) is 6.97. The first-order chi connectivity index (χ1) is 5.34. The van der Waals surface area contributed by atoms with Crippen LogP contribution >= 0.6 is 0 Å². The molecule has 0 radical (unpaired) electrons. The lowest BCUT2D eigenvalue weighted by molar-refractivity contribution is -0.00788. The highest BCUT2D eigenvalue weighted by atomic mass is 32.2. The minimum absolute atomic E-state index is 0.183. The summed E-state index contributed by atoms with van der Waals surface area (Å²) < 4.78 is 22.2. The van der Waals surface area contributed by atoms with Crippen molar-refractivity contribution in [2.45, 2.75) is 11.7 Å². The van der Waals surface area contributed by atoms with E-state index in [1.54, 1.807) is 0 Å². The van der Waals surface area contributed by atoms with Crippen molar-refractivity contribution in [1.82, 2.24) is 5.06 Å². The molecular formula is C7H11NO3S. The fraction of sp³-hybridized carbons (Fsp3) is 0.429. The monoisotopic (exact) mass is 189 g/mol. The molecule has 0 spiro atoms. The molecule has 1 unspecified atom stereocenters. The average Bonchev–Trinajstić information content (AvgIpc) is 2.15. The Morgan fingerprint density at radius 2 is 2.08 bits per heavy atom. The second-order valence-electron chi connectivity index (χ2n) is 2.89. The zero-order valence-electron chi connectivity index (χ0n) is 6.82. The molecule has 1 aliphatic heterocycles. The van der Waals surface area contributed by atoms with E-state index < -0.39 is 15.1 Å². The van der Waals surface area contributed by atoms with Gasteiger partial charge < -0.3 is 0 Å². The summed E-state index contributed by atoms with van der Waals surface area (Å²) in [5, 5.41) is 9.20. The van der Waals surface area contributed by atoms with E-state index in [4.69, 9.17) is 5.21 Å². The summed E-state index contributed by atoms with van der Waals surface area (Å²) >= 11 is 0. The van der Waals surface area contributed by atoms with Crippen LogP contribution in [0.2, 0.25) is 0 Å². The molecule has 0 bridgehead atoms. The van der Waals surface area contributed by atoms with Crippen molar-refractivity contribution in [3.63, 3.8) is 0 Å². The van der Waals surface area contributed by atoms with Crippen molar-refractivity contribution in [1.29, 1.82) is 0 Å². The van der Waals surface area contributed by atoms with Crippen molar-refractivity contribution < 1.29 is 13.6 Å². The molecule has 1 saturated heterocycles. The highest BCUT2D eigenvalue weighted by Crippen LogP contribution is 2.30. The summed E-state index contributed by atoms with van der Waals surface area (Å²) in [6.07, 6.45) is 1.35. The van der Waals surface area contributed by atoms with Gasteiger partial charge in [0.05, 0.1) is 5.70 Å². The normalized spacial score (nSPS) is 25.2. The van der Waals surface area contributed by atoms with Crippen LogP contribution < -0.4 is 0 Å². The molecule has 1 heterocycles. The Labute approximate surface area is 71.7 Å². The van der Waals surface area contributed by atoms with E-state index in [0.717, 1.165) is 11.3 Å². The van der Waals surface area contributed by atoms with Crippen LogP contribution in [0, 0.1) is 0 Å². The summed E-state index contributed by atoms with van der Waals surface area (Å²) in [6, 6.07) is 0. The van der Waals surface area contributed by atoms with Crippen molar-refractivity contribution in [2.24, 2.45) is 0 Å². The van der Waals surface area contributed by atoms with Crippen LogP contribution in [-0.2, 0) is 9.84 Å². The zero-order valence-corrected chi connectivity index (χ0v) is 7.63. The highest BCUT2D eigenvalue weighted by molar-refractivity contribution is 7.91. The predicted octanol–water partition coefficient (Wildman–Crippen LogP) is 0.522. The van der Waals surface area contributed by atoms with Gasteiger partial charge in [0.2, 0.25) is 0 Å². The predicted molar refractivity (Wildman–Crippen MR) is 45.2 cm³/mol. The Balaban J connectivity index is 3.01. The first kappa shape index (κ1) is 9.28. The van der Waals surface area contributed by atoms with Crippen LogP contribution in [0.1, 0.15) is 6.42 Å². The molecule has 1 aliphatic rings. The molecular weight excluding hydrogens is 178 g/mol. The van der Waals surface area contributed by atoms with Crippen LogP contribution in [-0.4, -0.2) is 30.2 Å². The van der Waals surface area contributed by atoms with E-state index in [0.29, 0.717) is 5.70 Å². The Morgan fingerprint density at radius 1 is 1.58 bits per heavy atom. The largest absolute Gasteiger partial charge is 0.284 e. The number of hydroxylamine groups is 2. The van der Waals surface area contributed by atoms with Gasteiger partial charge in [-0.2, -0.15) is 0 Å². The molecule has 0 saturated carbocycles. The van der Waals surface area contributed by atoms with Gasteiger partial charge in [-0.15, -0.1) is 0 Å². The number of hydrogen-bond donors (Lipinski definition) is 1. The zero-order chi connectivity index (χ0) is 9.52. The fourth-order valence-corrected chi connectivity index (χ4v) is 2.25. The van der Waals surface area contributed by atoms with Crippen LogP contribution in [0.3, 0.4) is 0 Å². The maximum Gasteiger partial charge on any atom is 0.156 e. The lowest BCUT2D eigenvalue weighted by atomic mass is 10.3. The third-order valence-corrected chi connectivity index (χ3v) is 3.35. The maximum absolute atomic E-state index is 11.1. The Kier molecular flexibility index (Phi) is 2.01. The maximum atomic E-state index is 11.1. The van der Waals surface area contributed by atoms with Gasteiger partial charge in [0.15, 0.2) is 9.84 Å². The van der Waals surface area contributed by atoms with Crippen molar-refractivity contribution in [3.05, 3.63) is 24.6 Å². The van der Waals surface area contributed by atoms with Crippen molar-refractivity contribution >= 4 is 9.84 Å². The number of sulfone groups is 1. The third kappa shape index (κ3) is 1.37. The minimum Gasteiger partial charge on any atom is -0.284 e. The first-order valence-electron chi connectivity index (χ1n) is 3.38. The van der Waals surface area contributed by atoms with E-state index in [-0.39, 0.29) is 12.1 Å². The first-order valence-corrected chi connectivity index (χ1v) is 5.34. The second kappa shape index (κ2) is 2.60. The molecule has 1 atom stereocenters. The number of hydrogen-bond acceptors (Lipinski definition) is 4. The number of rotatable bonds is 1. The third-order valence-electron chi connectivity index (χ3n) is 1.88. The van der Waals surface area contributed by atoms with Gasteiger partial charge in [0, 0.05) is 18.4 Å². The standard InChI is InChI=1S/C7H11NO3S/c1-5-4-7(12(3,10)11)6(2)8(5)9/h7,9H,1-2,4H2,3H3. The SMILES string of the molecule is C=C1CC(S(C)(=O)=O)C(=C)N1O. The Bertz CT molecular complexity index is 331. The Hall–Kier alpha value is -0.810. The lowest BCUT2D eigenvalue weighted by Crippen LogP contribution is -2.20. The molecule has 0 aromatic rings. The molecule has 68 valence electrons. The van der Waals surface area contributed by atoms with E-state index in [1.807, 2.05) is 0 Å². The number of nitrogens with zero attached hydrogens (tertiary/aromatic N) is 1. The van der Waals surface area contributed by atoms with Gasteiger partial charge in [-0.25, -0.2) is 13.5 Å². The van der Waals surface area contributed by atoms with Crippen molar-refractivity contribution in [3.8, 4) is 0 Å². The van der Waals surface area contributed by atoms with Gasteiger partial charge >= 0.3 is 0 Å². The van der Waals surface area contributed by atoms with Crippen LogP contribution in [0.5, 0.6) is 0 Å². The van der Waals surface area contributed by atoms with Gasteiger partial charge in [0.25, 0.3) is 0 Å². The summed E-state index contributed by atoms with van der Waals surface area (Å²) in [5.41, 5.74) is 0.554. The summed E-state index contributed by atoms with van der Waals surface area (Å²) in [7, 11) is -3.18. The summed E-state index contributed by atoms with van der Waals surface area (Å²) in [5.74, 6) is 0. The molecule has 0 aromatic heterocycles. The molecule has 1 rings (SSSR count). The Morgan fingerprint density at radius 3 is 2.25 bits per heavy atom. The smallest absolute Gasteiger partial charge is 0.156 e. The lowest BCUT2D eigenvalue weighted by Gasteiger charge is -2.11. The molecule has 1 N–H and O–H groups in total. The summed E-state index contributed by atoms with van der Waals surface area (Å²) in [4.78, 5) is 0. The van der Waals surface area contributed by atoms with Gasteiger partial charge in [-0.1, -0.05) is 13.2 Å². The highest BCUT2D eigenvalue weighted by Gasteiger charge is 2.35. The topological polar surface area (TPSA) is 57.6 Å². The quantitative estimate of drug-likeness (QED) is 0.653. The number of allylic oxidation sites excluding steroid dienone is 1. The van der Waals surface area contributed by atoms with Crippen LogP contribution in [0.15, 0.2) is 24.6 Å². The van der Waals surface area contributed by atoms with Crippen LogP contribution in [0.25, 0.3) is 0 Å². The van der Waals surface area contributed by atoms with E-state index in [2.05, 4.69) is 13.2 Å². The van der Waals surface area contributed by atoms with E-state index >= 15 is 0 Å². The van der Waals surface area contributed by atoms with E-state index in [9.17, 15) is 8.42 Å². The van der Waals surface area contributed by atoms with Gasteiger partial charge in [0.1, 0.15) is 5.25 Å². The van der Waals surface area contributed by atoms with Gasteiger partial charge in [-0.3, -0.25) is 5.21 Å². The molecule has 12 heavy (non-hydrogen) atoms. The van der Waals surface area contributed by atoms with Gasteiger partial charge in [-0.05, 0) is 0 Å². The molecule has 5 heteroatoms. The average molecular weight is 189 g/mol. The van der Waals surface area contributed by atoms with E-state index in [1.165, 1.54) is 0 Å². The second-order valence-corrected chi connectivity index (χ2v) is 5.12. The van der Waals surface area contributed by atoms with Crippen LogP contribution in [0.4, 0.5) is 0 Å². The van der Waals surface area contributed by atoms with Crippen molar-refractivity contribution in [2.75, 3.05) is 6.26 Å². The molecule has 1 fully saturated rings.